The average molecular weight is 562 g/mol. The molecule has 9 heteroatoms. The summed E-state index contributed by atoms with van der Waals surface area (Å²) in [5, 5.41) is 5.48. The van der Waals surface area contributed by atoms with Gasteiger partial charge in [-0.15, -0.1) is 11.3 Å². The second-order valence-electron chi connectivity index (χ2n) is 10.2. The number of nitrogens with zero attached hydrogens (tertiary/aromatic N) is 4. The second-order valence-corrected chi connectivity index (χ2v) is 11.1. The maximum absolute atomic E-state index is 13.2. The Balaban J connectivity index is 1.29. The highest BCUT2D eigenvalue weighted by atomic mass is 32.1. The summed E-state index contributed by atoms with van der Waals surface area (Å²) >= 11 is 1.40. The quantitative estimate of drug-likeness (QED) is 0.338. The van der Waals surface area contributed by atoms with Crippen LogP contribution in [0.4, 0.5) is 10.5 Å². The Kier molecular flexibility index (Phi) is 10.9. The number of carbonyl (C=O) groups is 2. The molecule has 0 bridgehead atoms. The smallest absolute Gasteiger partial charge is 0.322 e. The van der Waals surface area contributed by atoms with Gasteiger partial charge in [-0.05, 0) is 29.2 Å². The summed E-state index contributed by atoms with van der Waals surface area (Å²) in [5.74, 6) is 0.371. The number of piperazine rings is 1. The number of carbonyl (C=O) groups excluding carboxylic acids is 2. The van der Waals surface area contributed by atoms with E-state index in [1.54, 1.807) is 17.4 Å². The second kappa shape index (κ2) is 14.7. The van der Waals surface area contributed by atoms with Crippen molar-refractivity contribution in [2.24, 2.45) is 0 Å². The lowest BCUT2D eigenvalue weighted by atomic mass is 10.0. The van der Waals surface area contributed by atoms with E-state index in [0.29, 0.717) is 44.4 Å². The van der Waals surface area contributed by atoms with Gasteiger partial charge in [0.15, 0.2) is 0 Å². The highest BCUT2D eigenvalue weighted by Crippen LogP contribution is 2.19. The first-order valence-electron chi connectivity index (χ1n) is 13.8. The molecule has 212 valence electrons. The van der Waals surface area contributed by atoms with E-state index in [2.05, 4.69) is 53.3 Å². The molecule has 0 saturated carbocycles. The lowest BCUT2D eigenvalue weighted by Crippen LogP contribution is -2.48. The van der Waals surface area contributed by atoms with Gasteiger partial charge in [-0.1, -0.05) is 68.5 Å². The van der Waals surface area contributed by atoms with E-state index >= 15 is 0 Å². The van der Waals surface area contributed by atoms with Crippen LogP contribution in [0.3, 0.4) is 0 Å². The van der Waals surface area contributed by atoms with Crippen LogP contribution < -0.4 is 5.32 Å². The molecule has 1 N–H and O–H groups in total. The number of rotatable bonds is 11. The van der Waals surface area contributed by atoms with Crippen LogP contribution >= 0.6 is 11.3 Å². The summed E-state index contributed by atoms with van der Waals surface area (Å²) in [6.45, 7) is 9.24. The minimum absolute atomic E-state index is 0.0555. The fourth-order valence-corrected chi connectivity index (χ4v) is 5.23. The van der Waals surface area contributed by atoms with Gasteiger partial charge < -0.3 is 19.9 Å². The molecule has 1 aliphatic rings. The molecule has 0 unspecified atom stereocenters. The van der Waals surface area contributed by atoms with E-state index < -0.39 is 0 Å². The zero-order chi connectivity index (χ0) is 28.3. The molecule has 40 heavy (non-hydrogen) atoms. The molecule has 1 saturated heterocycles. The molecule has 1 fully saturated rings. The Bertz CT molecular complexity index is 1250. The third-order valence-corrected chi connectivity index (χ3v) is 7.74. The number of benzene rings is 2. The van der Waals surface area contributed by atoms with Gasteiger partial charge in [0.05, 0.1) is 13.2 Å². The highest BCUT2D eigenvalue weighted by molar-refractivity contribution is 7.09. The molecular formula is C31H39N5O3S. The first kappa shape index (κ1) is 29.5. The molecule has 2 heterocycles. The first-order valence-corrected chi connectivity index (χ1v) is 14.6. The summed E-state index contributed by atoms with van der Waals surface area (Å²) in [5.41, 5.74) is 3.58. The predicted molar refractivity (Wildman–Crippen MR) is 162 cm³/mol. The first-order chi connectivity index (χ1) is 19.4. The van der Waals surface area contributed by atoms with Gasteiger partial charge in [0.25, 0.3) is 5.91 Å². The third kappa shape index (κ3) is 8.48. The Morgan fingerprint density at radius 3 is 2.48 bits per heavy atom. The summed E-state index contributed by atoms with van der Waals surface area (Å²) in [4.78, 5) is 36.7. The number of anilines is 1. The number of hydrogen-bond donors (Lipinski definition) is 1. The van der Waals surface area contributed by atoms with E-state index in [9.17, 15) is 9.59 Å². The van der Waals surface area contributed by atoms with Gasteiger partial charge in [-0.3, -0.25) is 9.69 Å². The lowest BCUT2D eigenvalue weighted by Gasteiger charge is -2.33. The van der Waals surface area contributed by atoms with E-state index in [-0.39, 0.29) is 11.9 Å². The molecule has 1 aromatic heterocycles. The van der Waals surface area contributed by atoms with Crippen molar-refractivity contribution in [2.75, 3.05) is 58.3 Å². The van der Waals surface area contributed by atoms with Crippen molar-refractivity contribution in [1.82, 2.24) is 19.7 Å². The molecule has 0 spiro atoms. The number of methoxy groups -OCH3 is 1. The normalized spacial score (nSPS) is 14.2. The van der Waals surface area contributed by atoms with Crippen LogP contribution in [0.25, 0.3) is 6.08 Å². The van der Waals surface area contributed by atoms with E-state index in [4.69, 9.17) is 4.74 Å². The van der Waals surface area contributed by atoms with Crippen molar-refractivity contribution < 1.29 is 14.3 Å². The zero-order valence-electron chi connectivity index (χ0n) is 23.6. The molecule has 0 atom stereocenters. The van der Waals surface area contributed by atoms with E-state index in [1.807, 2.05) is 47.4 Å². The Hall–Kier alpha value is -3.53. The molecule has 2 aromatic carbocycles. The number of aromatic nitrogens is 1. The van der Waals surface area contributed by atoms with Crippen LogP contribution in [-0.4, -0.2) is 84.6 Å². The Labute approximate surface area is 241 Å². The monoisotopic (exact) mass is 561 g/mol. The minimum Gasteiger partial charge on any atom is -0.383 e. The third-order valence-electron chi connectivity index (χ3n) is 6.91. The highest BCUT2D eigenvalue weighted by Gasteiger charge is 2.24. The van der Waals surface area contributed by atoms with Crippen LogP contribution in [0.5, 0.6) is 0 Å². The number of thiazole rings is 1. The maximum atomic E-state index is 13.2. The molecule has 3 aromatic rings. The van der Waals surface area contributed by atoms with Gasteiger partial charge in [0.1, 0.15) is 10.7 Å². The van der Waals surface area contributed by atoms with Crippen molar-refractivity contribution >= 4 is 35.0 Å². The van der Waals surface area contributed by atoms with Crippen LogP contribution in [-0.2, 0) is 11.3 Å². The van der Waals surface area contributed by atoms with Crippen LogP contribution in [0.15, 0.2) is 66.1 Å². The van der Waals surface area contributed by atoms with E-state index in [1.165, 1.54) is 22.5 Å². The average Bonchev–Trinajstić information content (AvgIpc) is 3.44. The summed E-state index contributed by atoms with van der Waals surface area (Å²) in [6, 6.07) is 17.9. The van der Waals surface area contributed by atoms with Crippen molar-refractivity contribution in [1.29, 1.82) is 0 Å². The van der Waals surface area contributed by atoms with Crippen molar-refractivity contribution in [3.63, 3.8) is 0 Å². The van der Waals surface area contributed by atoms with Gasteiger partial charge in [0, 0.05) is 57.4 Å². The molecule has 3 amide bonds. The molecule has 0 aliphatic carbocycles. The largest absolute Gasteiger partial charge is 0.383 e. The van der Waals surface area contributed by atoms with Gasteiger partial charge in [-0.2, -0.15) is 0 Å². The molecule has 4 rings (SSSR count). The Morgan fingerprint density at radius 2 is 1.80 bits per heavy atom. The summed E-state index contributed by atoms with van der Waals surface area (Å²) in [6.07, 6.45) is 4.30. The Morgan fingerprint density at radius 1 is 1.07 bits per heavy atom. The minimum atomic E-state index is -0.227. The van der Waals surface area contributed by atoms with Gasteiger partial charge >= 0.3 is 6.03 Å². The molecule has 0 radical (unpaired) electrons. The van der Waals surface area contributed by atoms with Crippen molar-refractivity contribution in [3.8, 4) is 0 Å². The standard InChI is InChI=1S/C31H39N5O3S/c1-24(2)26-11-13-27(14-12-26)32-31(38)36(20-21-39-3)22-29-33-28(23-40-29)30(37)35-18-16-34(17-19-35)15-7-10-25-8-5-4-6-9-25/h4-14,23-24H,15-22H2,1-3H3,(H,32,38). The van der Waals surface area contributed by atoms with Gasteiger partial charge in [0.2, 0.25) is 0 Å². The SMILES string of the molecule is COCCN(Cc1nc(C(=O)N2CCN(CC=Cc3ccccc3)CC2)cs1)C(=O)Nc1ccc(C(C)C)cc1. The fourth-order valence-electron chi connectivity index (χ4n) is 4.45. The maximum Gasteiger partial charge on any atom is 0.322 e. The molecular weight excluding hydrogens is 522 g/mol. The molecule has 8 nitrogen and oxygen atoms in total. The number of urea groups is 1. The predicted octanol–water partition coefficient (Wildman–Crippen LogP) is 5.42. The summed E-state index contributed by atoms with van der Waals surface area (Å²) < 4.78 is 5.22. The topological polar surface area (TPSA) is 78.0 Å². The van der Waals surface area contributed by atoms with Crippen LogP contribution in [0, 0.1) is 0 Å². The molecule has 1 aliphatic heterocycles. The lowest BCUT2D eigenvalue weighted by molar-refractivity contribution is 0.0645. The zero-order valence-corrected chi connectivity index (χ0v) is 24.4. The number of ether oxygens (including phenoxy) is 1. The van der Waals surface area contributed by atoms with Gasteiger partial charge in [-0.25, -0.2) is 9.78 Å². The fraction of sp³-hybridized carbons (Fsp3) is 0.387. The number of hydrogen-bond acceptors (Lipinski definition) is 6. The van der Waals surface area contributed by atoms with Crippen molar-refractivity contribution in [3.05, 3.63) is 87.9 Å². The van der Waals surface area contributed by atoms with Crippen LogP contribution in [0.1, 0.15) is 46.4 Å². The number of amides is 3. The van der Waals surface area contributed by atoms with E-state index in [0.717, 1.165) is 30.3 Å². The summed E-state index contributed by atoms with van der Waals surface area (Å²) in [7, 11) is 1.61. The number of nitrogens with one attached hydrogen (secondary N) is 1. The van der Waals surface area contributed by atoms with Crippen molar-refractivity contribution in [2.45, 2.75) is 26.3 Å². The van der Waals surface area contributed by atoms with Crippen LogP contribution in [0.2, 0.25) is 0 Å².